The monoisotopic (exact) mass is 274 g/mol. The molecule has 1 saturated heterocycles. The van der Waals surface area contributed by atoms with Crippen molar-refractivity contribution in [3.63, 3.8) is 0 Å². The Kier molecular flexibility index (Phi) is 1.86. The molecule has 0 N–H and O–H groups in total. The number of hydrogen-bond acceptors (Lipinski definition) is 2. The molecule has 5 rings (SSSR count). The number of rotatable bonds is 5. The van der Waals surface area contributed by atoms with Crippen LogP contribution in [0.25, 0.3) is 0 Å². The van der Waals surface area contributed by atoms with Gasteiger partial charge in [0.25, 0.3) is 0 Å². The van der Waals surface area contributed by atoms with Crippen molar-refractivity contribution in [1.29, 1.82) is 0 Å². The van der Waals surface area contributed by atoms with Gasteiger partial charge in [-0.05, 0) is 48.3 Å². The second-order valence-electron chi connectivity index (χ2n) is 8.99. The van der Waals surface area contributed by atoms with Crippen molar-refractivity contribution < 1.29 is 9.53 Å². The van der Waals surface area contributed by atoms with Gasteiger partial charge in [-0.15, -0.1) is 0 Å². The van der Waals surface area contributed by atoms with Crippen LogP contribution in [0.5, 0.6) is 0 Å². The highest BCUT2D eigenvalue weighted by Gasteiger charge is 3.12. The Morgan fingerprint density at radius 1 is 1.45 bits per heavy atom. The number of ether oxygens (including phenoxy) is 1. The molecule has 0 bridgehead atoms. The second kappa shape index (κ2) is 3.04. The van der Waals surface area contributed by atoms with E-state index in [9.17, 15) is 4.79 Å². The zero-order valence-corrected chi connectivity index (χ0v) is 13.1. The summed E-state index contributed by atoms with van der Waals surface area (Å²) in [6, 6.07) is 0. The van der Waals surface area contributed by atoms with Crippen LogP contribution in [0, 0.1) is 45.8 Å². The molecule has 110 valence electrons. The first-order chi connectivity index (χ1) is 9.46. The van der Waals surface area contributed by atoms with Crippen LogP contribution >= 0.6 is 0 Å². The van der Waals surface area contributed by atoms with E-state index in [-0.39, 0.29) is 10.8 Å². The van der Waals surface area contributed by atoms with Gasteiger partial charge in [-0.25, -0.2) is 0 Å². The molecule has 4 aliphatic carbocycles. The lowest BCUT2D eigenvalue weighted by Crippen LogP contribution is -2.43. The summed E-state index contributed by atoms with van der Waals surface area (Å²) in [5, 5.41) is 0. The summed E-state index contributed by atoms with van der Waals surface area (Å²) in [4.78, 5) is 13.4. The number of ketones is 1. The molecular weight excluding hydrogens is 248 g/mol. The molecule has 5 fully saturated rings. The summed E-state index contributed by atoms with van der Waals surface area (Å²) in [5.41, 5.74) is 0.497. The van der Waals surface area contributed by atoms with E-state index in [1.165, 1.54) is 6.42 Å². The van der Waals surface area contributed by atoms with Gasteiger partial charge in [0.1, 0.15) is 5.78 Å². The fourth-order valence-electron chi connectivity index (χ4n) is 7.54. The lowest BCUT2D eigenvalue weighted by Gasteiger charge is -2.38. The summed E-state index contributed by atoms with van der Waals surface area (Å²) in [6.07, 6.45) is 3.83. The molecule has 0 aromatic heterocycles. The normalized spacial score (nSPS) is 58.8. The minimum absolute atomic E-state index is 0.0889. The molecule has 20 heavy (non-hydrogen) atoms. The highest BCUT2D eigenvalue weighted by Crippen LogP contribution is 3.09. The minimum atomic E-state index is -0.0889. The molecule has 1 spiro atoms. The number of Topliss-reactive ketones (excluding diaryl/α,β-unsaturated/α-hetero) is 1. The van der Waals surface area contributed by atoms with Gasteiger partial charge in [-0.1, -0.05) is 27.7 Å². The molecule has 2 nitrogen and oxygen atoms in total. The van der Waals surface area contributed by atoms with E-state index >= 15 is 0 Å². The first kappa shape index (κ1) is 12.2. The van der Waals surface area contributed by atoms with E-state index in [1.807, 2.05) is 0 Å². The van der Waals surface area contributed by atoms with E-state index in [1.54, 1.807) is 0 Å². The van der Waals surface area contributed by atoms with Crippen molar-refractivity contribution in [2.45, 2.75) is 53.1 Å². The van der Waals surface area contributed by atoms with Crippen LogP contribution in [0.2, 0.25) is 0 Å². The maximum absolute atomic E-state index is 13.4. The fourth-order valence-corrected chi connectivity index (χ4v) is 7.54. The van der Waals surface area contributed by atoms with Crippen LogP contribution in [-0.2, 0) is 9.53 Å². The molecule has 1 aliphatic heterocycles. The smallest absolute Gasteiger partial charge is 0.146 e. The topological polar surface area (TPSA) is 26.3 Å². The van der Waals surface area contributed by atoms with Gasteiger partial charge < -0.3 is 4.74 Å². The molecule has 1 heterocycles. The Balaban J connectivity index is 1.48. The zero-order valence-electron chi connectivity index (χ0n) is 13.1. The molecule has 0 amide bonds. The summed E-state index contributed by atoms with van der Waals surface area (Å²) in [5.74, 6) is 4.23. The van der Waals surface area contributed by atoms with Crippen molar-refractivity contribution in [2.24, 2.45) is 45.8 Å². The van der Waals surface area contributed by atoms with Crippen LogP contribution < -0.4 is 0 Å². The molecular formula is C18H26O2. The summed E-state index contributed by atoms with van der Waals surface area (Å²) >= 11 is 0. The summed E-state index contributed by atoms with van der Waals surface area (Å²) in [7, 11) is 0. The SMILES string of the molecule is CCC(C)(CC(C)C)C(=O)C12C3CC4COC5C4C31C52. The van der Waals surface area contributed by atoms with Gasteiger partial charge in [0, 0.05) is 16.7 Å². The van der Waals surface area contributed by atoms with Crippen molar-refractivity contribution in [3.8, 4) is 0 Å². The Labute approximate surface area is 121 Å². The molecule has 4 saturated carbocycles. The van der Waals surface area contributed by atoms with Crippen molar-refractivity contribution in [3.05, 3.63) is 0 Å². The molecule has 0 radical (unpaired) electrons. The molecule has 5 aliphatic rings. The Hall–Kier alpha value is -0.370. The van der Waals surface area contributed by atoms with E-state index in [2.05, 4.69) is 27.7 Å². The highest BCUT2D eigenvalue weighted by molar-refractivity contribution is 6.01. The number of fused-ring (bicyclic) bond motifs is 3. The maximum atomic E-state index is 13.4. The van der Waals surface area contributed by atoms with Gasteiger partial charge in [0.15, 0.2) is 0 Å². The summed E-state index contributed by atoms with van der Waals surface area (Å²) < 4.78 is 6.00. The minimum Gasteiger partial charge on any atom is -0.377 e. The molecule has 8 unspecified atom stereocenters. The van der Waals surface area contributed by atoms with Gasteiger partial charge in [-0.3, -0.25) is 4.79 Å². The van der Waals surface area contributed by atoms with Crippen LogP contribution in [-0.4, -0.2) is 18.5 Å². The van der Waals surface area contributed by atoms with Gasteiger partial charge in [0.05, 0.1) is 12.7 Å². The van der Waals surface area contributed by atoms with E-state index < -0.39 is 0 Å². The third-order valence-electron chi connectivity index (χ3n) is 8.03. The molecule has 0 aromatic rings. The van der Waals surface area contributed by atoms with E-state index in [4.69, 9.17) is 4.74 Å². The third kappa shape index (κ3) is 0.852. The van der Waals surface area contributed by atoms with Crippen LogP contribution in [0.4, 0.5) is 0 Å². The van der Waals surface area contributed by atoms with E-state index in [0.29, 0.717) is 29.1 Å². The first-order valence-corrected chi connectivity index (χ1v) is 8.62. The van der Waals surface area contributed by atoms with Crippen LogP contribution in [0.1, 0.15) is 47.0 Å². The maximum Gasteiger partial charge on any atom is 0.146 e. The average Bonchev–Trinajstić information content (AvgIpc) is 3.00. The first-order valence-electron chi connectivity index (χ1n) is 8.62. The van der Waals surface area contributed by atoms with Crippen molar-refractivity contribution in [1.82, 2.24) is 0 Å². The van der Waals surface area contributed by atoms with Gasteiger partial charge in [0.2, 0.25) is 0 Å². The lowest BCUT2D eigenvalue weighted by atomic mass is 9.68. The number of carbonyl (C=O) groups is 1. The standard InChI is InChI=1S/C18H26O2/c1-5-16(4,7-9(2)3)15(19)18-11-6-10-8-20-13-12(10)17(11,18)14(13)18/h9-14H,5-8H2,1-4H3. The van der Waals surface area contributed by atoms with Crippen LogP contribution in [0.3, 0.4) is 0 Å². The quantitative estimate of drug-likeness (QED) is 0.769. The highest BCUT2D eigenvalue weighted by atomic mass is 16.5. The predicted octanol–water partition coefficient (Wildman–Crippen LogP) is 3.30. The van der Waals surface area contributed by atoms with Gasteiger partial charge in [-0.2, -0.15) is 0 Å². The Morgan fingerprint density at radius 2 is 2.20 bits per heavy atom. The molecule has 2 heteroatoms. The van der Waals surface area contributed by atoms with Crippen molar-refractivity contribution >= 4 is 5.78 Å². The Morgan fingerprint density at radius 3 is 2.85 bits per heavy atom. The van der Waals surface area contributed by atoms with Crippen molar-refractivity contribution in [2.75, 3.05) is 6.61 Å². The fraction of sp³-hybridized carbons (Fsp3) is 0.944. The Bertz CT molecular complexity index is 526. The predicted molar refractivity (Wildman–Crippen MR) is 76.0 cm³/mol. The van der Waals surface area contributed by atoms with Gasteiger partial charge >= 0.3 is 0 Å². The molecule has 0 aromatic carbocycles. The lowest BCUT2D eigenvalue weighted by molar-refractivity contribution is -0.135. The zero-order chi connectivity index (χ0) is 14.1. The largest absolute Gasteiger partial charge is 0.377 e. The summed E-state index contributed by atoms with van der Waals surface area (Å²) in [6.45, 7) is 9.93. The van der Waals surface area contributed by atoms with Crippen LogP contribution in [0.15, 0.2) is 0 Å². The average molecular weight is 274 g/mol. The molecule has 8 atom stereocenters. The van der Waals surface area contributed by atoms with E-state index in [0.717, 1.165) is 37.2 Å². The third-order valence-corrected chi connectivity index (χ3v) is 8.03. The number of hydrogen-bond donors (Lipinski definition) is 0. The second-order valence-corrected chi connectivity index (χ2v) is 8.99. The number of carbonyl (C=O) groups excluding carboxylic acids is 1.